The van der Waals surface area contributed by atoms with Gasteiger partial charge in [0, 0.05) is 6.04 Å². The Kier molecular flexibility index (Phi) is 3.96. The number of amides is 2. The zero-order valence-electron chi connectivity index (χ0n) is 11.0. The Morgan fingerprint density at radius 3 is 2.90 bits per heavy atom. The number of hydrogen-bond donors (Lipinski definition) is 2. The van der Waals surface area contributed by atoms with Gasteiger partial charge in [-0.2, -0.15) is 0 Å². The number of hydrogen-bond acceptors (Lipinski definition) is 5. The average molecular weight is 292 g/mol. The highest BCUT2D eigenvalue weighted by Gasteiger charge is 2.17. The van der Waals surface area contributed by atoms with Crippen molar-refractivity contribution in [2.45, 2.75) is 38.1 Å². The van der Waals surface area contributed by atoms with Gasteiger partial charge in [-0.3, -0.25) is 5.32 Å². The van der Waals surface area contributed by atoms with E-state index in [4.69, 9.17) is 4.42 Å². The molecule has 2 amide bonds. The van der Waals surface area contributed by atoms with Crippen molar-refractivity contribution in [1.29, 1.82) is 0 Å². The predicted octanol–water partition coefficient (Wildman–Crippen LogP) is 3.25. The molecule has 0 unspecified atom stereocenters. The van der Waals surface area contributed by atoms with Crippen molar-refractivity contribution in [2.75, 3.05) is 5.32 Å². The molecule has 2 aromatic rings. The van der Waals surface area contributed by atoms with Crippen molar-refractivity contribution < 1.29 is 9.21 Å². The van der Waals surface area contributed by atoms with E-state index in [0.717, 1.165) is 12.8 Å². The zero-order valence-corrected chi connectivity index (χ0v) is 11.8. The Hall–Kier alpha value is -1.89. The Bertz CT molecular complexity index is 561. The maximum Gasteiger partial charge on any atom is 0.321 e. The van der Waals surface area contributed by atoms with E-state index in [0.29, 0.717) is 15.9 Å². The van der Waals surface area contributed by atoms with Gasteiger partial charge in [0.1, 0.15) is 0 Å². The number of furan rings is 1. The van der Waals surface area contributed by atoms with Crippen LogP contribution >= 0.6 is 11.3 Å². The molecule has 0 aliphatic heterocycles. The molecule has 0 spiro atoms. The Balaban J connectivity index is 1.56. The van der Waals surface area contributed by atoms with E-state index in [9.17, 15) is 4.79 Å². The van der Waals surface area contributed by atoms with Crippen LogP contribution in [-0.4, -0.2) is 22.3 Å². The van der Waals surface area contributed by atoms with Crippen LogP contribution in [0, 0.1) is 0 Å². The van der Waals surface area contributed by atoms with Crippen LogP contribution in [0.5, 0.6) is 0 Å². The van der Waals surface area contributed by atoms with E-state index in [1.165, 1.54) is 30.6 Å². The number of nitrogens with zero attached hydrogens (tertiary/aromatic N) is 2. The molecular formula is C13H16N4O2S. The molecule has 1 fully saturated rings. The number of urea groups is 1. The van der Waals surface area contributed by atoms with Gasteiger partial charge in [-0.1, -0.05) is 30.6 Å². The van der Waals surface area contributed by atoms with E-state index in [2.05, 4.69) is 20.8 Å². The molecule has 3 rings (SSSR count). The van der Waals surface area contributed by atoms with Crippen molar-refractivity contribution in [2.24, 2.45) is 0 Å². The third kappa shape index (κ3) is 3.16. The molecule has 0 bridgehead atoms. The van der Waals surface area contributed by atoms with Gasteiger partial charge in [0.05, 0.1) is 6.26 Å². The van der Waals surface area contributed by atoms with Gasteiger partial charge in [0.25, 0.3) is 0 Å². The second kappa shape index (κ2) is 6.04. The highest BCUT2D eigenvalue weighted by molar-refractivity contribution is 7.18. The average Bonchev–Trinajstić information content (AvgIpc) is 3.10. The molecule has 2 heterocycles. The van der Waals surface area contributed by atoms with Crippen LogP contribution in [-0.2, 0) is 0 Å². The third-order valence-electron chi connectivity index (χ3n) is 3.32. The van der Waals surface area contributed by atoms with Crippen molar-refractivity contribution in [1.82, 2.24) is 15.5 Å². The topological polar surface area (TPSA) is 80.1 Å². The van der Waals surface area contributed by atoms with Crippen LogP contribution in [0.1, 0.15) is 32.1 Å². The normalized spacial score (nSPS) is 16.0. The summed E-state index contributed by atoms with van der Waals surface area (Å²) < 4.78 is 5.24. The molecule has 0 aromatic carbocycles. The van der Waals surface area contributed by atoms with Crippen molar-refractivity contribution >= 4 is 22.5 Å². The summed E-state index contributed by atoms with van der Waals surface area (Å²) in [4.78, 5) is 11.9. The van der Waals surface area contributed by atoms with Gasteiger partial charge in [0.15, 0.2) is 10.8 Å². The van der Waals surface area contributed by atoms with E-state index in [1.54, 1.807) is 12.3 Å². The summed E-state index contributed by atoms with van der Waals surface area (Å²) in [6, 6.07) is 3.67. The number of rotatable bonds is 3. The summed E-state index contributed by atoms with van der Waals surface area (Å²) in [5.41, 5.74) is 0. The first-order valence-electron chi connectivity index (χ1n) is 6.76. The number of anilines is 1. The van der Waals surface area contributed by atoms with E-state index in [1.807, 2.05) is 6.07 Å². The largest absolute Gasteiger partial charge is 0.462 e. The second-order valence-electron chi connectivity index (χ2n) is 4.82. The quantitative estimate of drug-likeness (QED) is 0.910. The number of carbonyl (C=O) groups is 1. The summed E-state index contributed by atoms with van der Waals surface area (Å²) >= 11 is 1.29. The molecule has 1 saturated carbocycles. The van der Waals surface area contributed by atoms with Crippen molar-refractivity contribution in [3.63, 3.8) is 0 Å². The van der Waals surface area contributed by atoms with Crippen LogP contribution in [0.3, 0.4) is 0 Å². The Labute approximate surface area is 120 Å². The first-order chi connectivity index (χ1) is 9.81. The minimum atomic E-state index is -0.209. The number of carbonyl (C=O) groups excluding carboxylic acids is 1. The number of aromatic nitrogens is 2. The molecular weight excluding hydrogens is 276 g/mol. The summed E-state index contributed by atoms with van der Waals surface area (Å²) in [6.45, 7) is 0. The molecule has 2 N–H and O–H groups in total. The summed E-state index contributed by atoms with van der Waals surface area (Å²) in [6.07, 6.45) is 7.34. The lowest BCUT2D eigenvalue weighted by atomic mass is 9.96. The first-order valence-corrected chi connectivity index (χ1v) is 7.58. The summed E-state index contributed by atoms with van der Waals surface area (Å²) in [7, 11) is 0. The lowest BCUT2D eigenvalue weighted by molar-refractivity contribution is 0.244. The SMILES string of the molecule is O=C(Nc1nnc(-c2ccco2)s1)NC1CCCCC1. The van der Waals surface area contributed by atoms with E-state index >= 15 is 0 Å². The molecule has 20 heavy (non-hydrogen) atoms. The minimum Gasteiger partial charge on any atom is -0.462 e. The molecule has 2 aromatic heterocycles. The smallest absolute Gasteiger partial charge is 0.321 e. The lowest BCUT2D eigenvalue weighted by Crippen LogP contribution is -2.38. The highest BCUT2D eigenvalue weighted by Crippen LogP contribution is 2.26. The third-order valence-corrected chi connectivity index (χ3v) is 4.17. The van der Waals surface area contributed by atoms with Crippen LogP contribution < -0.4 is 10.6 Å². The van der Waals surface area contributed by atoms with Crippen LogP contribution in [0.15, 0.2) is 22.8 Å². The fraction of sp³-hybridized carbons (Fsp3) is 0.462. The van der Waals surface area contributed by atoms with E-state index < -0.39 is 0 Å². The minimum absolute atomic E-state index is 0.209. The molecule has 0 atom stereocenters. The Morgan fingerprint density at radius 2 is 2.15 bits per heavy atom. The lowest BCUT2D eigenvalue weighted by Gasteiger charge is -2.22. The van der Waals surface area contributed by atoms with Crippen LogP contribution in [0.4, 0.5) is 9.93 Å². The highest BCUT2D eigenvalue weighted by atomic mass is 32.1. The van der Waals surface area contributed by atoms with Gasteiger partial charge in [-0.15, -0.1) is 10.2 Å². The molecule has 106 valence electrons. The molecule has 7 heteroatoms. The molecule has 0 radical (unpaired) electrons. The van der Waals surface area contributed by atoms with Gasteiger partial charge < -0.3 is 9.73 Å². The Morgan fingerprint density at radius 1 is 1.30 bits per heavy atom. The second-order valence-corrected chi connectivity index (χ2v) is 5.80. The molecule has 1 aliphatic carbocycles. The van der Waals surface area contributed by atoms with E-state index in [-0.39, 0.29) is 12.1 Å². The summed E-state index contributed by atoms with van der Waals surface area (Å²) in [5.74, 6) is 0.656. The fourth-order valence-corrected chi connectivity index (χ4v) is 3.05. The maximum atomic E-state index is 11.9. The van der Waals surface area contributed by atoms with Gasteiger partial charge >= 0.3 is 6.03 Å². The first kappa shape index (κ1) is 13.1. The summed E-state index contributed by atoms with van der Waals surface area (Å²) in [5, 5.41) is 14.8. The molecule has 6 nitrogen and oxygen atoms in total. The number of nitrogens with one attached hydrogen (secondary N) is 2. The van der Waals surface area contributed by atoms with Gasteiger partial charge in [-0.05, 0) is 25.0 Å². The van der Waals surface area contributed by atoms with Gasteiger partial charge in [-0.25, -0.2) is 4.79 Å². The predicted molar refractivity (Wildman–Crippen MR) is 76.6 cm³/mol. The standard InChI is InChI=1S/C13H16N4O2S/c18-12(14-9-5-2-1-3-6-9)15-13-17-16-11(20-13)10-7-4-8-19-10/h4,7-9H,1-3,5-6H2,(H2,14,15,17,18). The van der Waals surface area contributed by atoms with Crippen molar-refractivity contribution in [3.05, 3.63) is 18.4 Å². The monoisotopic (exact) mass is 292 g/mol. The van der Waals surface area contributed by atoms with Crippen LogP contribution in [0.25, 0.3) is 10.8 Å². The van der Waals surface area contributed by atoms with Crippen molar-refractivity contribution in [3.8, 4) is 10.8 Å². The fourth-order valence-electron chi connectivity index (χ4n) is 2.34. The zero-order chi connectivity index (χ0) is 13.8. The molecule has 0 saturated heterocycles. The van der Waals surface area contributed by atoms with Crippen LogP contribution in [0.2, 0.25) is 0 Å². The van der Waals surface area contributed by atoms with Gasteiger partial charge in [0.2, 0.25) is 5.13 Å². The maximum absolute atomic E-state index is 11.9. The molecule has 1 aliphatic rings.